The van der Waals surface area contributed by atoms with Crippen LogP contribution in [-0.4, -0.2) is 27.7 Å². The molecule has 0 amide bonds. The summed E-state index contributed by atoms with van der Waals surface area (Å²) in [5.41, 5.74) is 2.46. The van der Waals surface area contributed by atoms with Gasteiger partial charge in [-0.25, -0.2) is 10.8 Å². The monoisotopic (exact) mass is 281 g/mol. The minimum absolute atomic E-state index is 0.371. The average molecular weight is 281 g/mol. The number of anilines is 2. The van der Waals surface area contributed by atoms with E-state index >= 15 is 0 Å². The lowest BCUT2D eigenvalue weighted by Gasteiger charge is -2.12. The topological polar surface area (TPSA) is 96.1 Å². The highest BCUT2D eigenvalue weighted by atomic mass is 32.1. The molecule has 0 spiro atoms. The molecule has 19 heavy (non-hydrogen) atoms. The first-order valence-electron chi connectivity index (χ1n) is 6.30. The van der Waals surface area contributed by atoms with Gasteiger partial charge in [-0.05, 0) is 19.4 Å². The molecule has 1 unspecified atom stereocenters. The van der Waals surface area contributed by atoms with E-state index in [1.807, 2.05) is 19.9 Å². The van der Waals surface area contributed by atoms with Crippen LogP contribution in [-0.2, 0) is 0 Å². The number of nitrogens with zero attached hydrogens (tertiary/aromatic N) is 2. The number of aromatic nitrogens is 2. The van der Waals surface area contributed by atoms with Gasteiger partial charge in [0.1, 0.15) is 10.6 Å². The molecule has 2 aromatic rings. The Morgan fingerprint density at radius 2 is 2.26 bits per heavy atom. The standard InChI is InChI=1S/C12H19N5OS/c1-3-4-8(18)6-14-10-9-5-7(2)19-11(9)16-12(15-10)17-13/h5,8,18H,3-4,6,13H2,1-2H3,(H2,14,15,16,17). The predicted molar refractivity (Wildman–Crippen MR) is 79.4 cm³/mol. The lowest BCUT2D eigenvalue weighted by atomic mass is 10.2. The second-order valence-electron chi connectivity index (χ2n) is 4.44. The maximum atomic E-state index is 9.77. The van der Waals surface area contributed by atoms with Crippen LogP contribution in [0.4, 0.5) is 11.8 Å². The van der Waals surface area contributed by atoms with Crippen molar-refractivity contribution in [2.75, 3.05) is 17.3 Å². The van der Waals surface area contributed by atoms with E-state index in [1.54, 1.807) is 11.3 Å². The summed E-state index contributed by atoms with van der Waals surface area (Å²) in [5.74, 6) is 6.46. The molecule has 5 N–H and O–H groups in total. The highest BCUT2D eigenvalue weighted by molar-refractivity contribution is 7.18. The van der Waals surface area contributed by atoms with Crippen molar-refractivity contribution < 1.29 is 5.11 Å². The van der Waals surface area contributed by atoms with Crippen LogP contribution < -0.4 is 16.6 Å². The molecule has 0 aliphatic carbocycles. The Balaban J connectivity index is 2.24. The number of nitrogen functional groups attached to an aromatic ring is 1. The zero-order valence-electron chi connectivity index (χ0n) is 11.1. The highest BCUT2D eigenvalue weighted by Gasteiger charge is 2.11. The Bertz CT molecular complexity index is 556. The first-order valence-corrected chi connectivity index (χ1v) is 7.12. The number of fused-ring (bicyclic) bond motifs is 1. The largest absolute Gasteiger partial charge is 0.391 e. The molecular formula is C12H19N5OS. The van der Waals surface area contributed by atoms with Gasteiger partial charge in [-0.3, -0.25) is 5.43 Å². The van der Waals surface area contributed by atoms with Gasteiger partial charge in [-0.1, -0.05) is 13.3 Å². The van der Waals surface area contributed by atoms with Crippen molar-refractivity contribution in [3.8, 4) is 0 Å². The predicted octanol–water partition coefficient (Wildman–Crippen LogP) is 1.86. The van der Waals surface area contributed by atoms with E-state index < -0.39 is 0 Å². The zero-order valence-corrected chi connectivity index (χ0v) is 11.9. The molecule has 0 saturated heterocycles. The van der Waals surface area contributed by atoms with E-state index in [0.717, 1.165) is 27.9 Å². The third kappa shape index (κ3) is 3.31. The number of rotatable bonds is 6. The fraction of sp³-hybridized carbons (Fsp3) is 0.500. The Morgan fingerprint density at radius 3 is 2.95 bits per heavy atom. The van der Waals surface area contributed by atoms with Crippen molar-refractivity contribution in [3.05, 3.63) is 10.9 Å². The molecule has 0 aliphatic heterocycles. The first-order chi connectivity index (χ1) is 9.13. The zero-order chi connectivity index (χ0) is 13.8. The molecule has 1 atom stereocenters. The van der Waals surface area contributed by atoms with Crippen LogP contribution in [0, 0.1) is 6.92 Å². The van der Waals surface area contributed by atoms with Crippen molar-refractivity contribution in [2.45, 2.75) is 32.8 Å². The van der Waals surface area contributed by atoms with Crippen LogP contribution in [0.25, 0.3) is 10.2 Å². The van der Waals surface area contributed by atoms with Gasteiger partial charge in [0.25, 0.3) is 0 Å². The van der Waals surface area contributed by atoms with Gasteiger partial charge in [0.2, 0.25) is 5.95 Å². The number of hydrogen-bond acceptors (Lipinski definition) is 7. The highest BCUT2D eigenvalue weighted by Crippen LogP contribution is 2.29. The van der Waals surface area contributed by atoms with Gasteiger partial charge in [0, 0.05) is 11.4 Å². The van der Waals surface area contributed by atoms with Crippen molar-refractivity contribution in [3.63, 3.8) is 0 Å². The molecule has 7 heteroatoms. The number of thiophene rings is 1. The smallest absolute Gasteiger partial charge is 0.240 e. The van der Waals surface area contributed by atoms with Crippen LogP contribution in [0.5, 0.6) is 0 Å². The molecule has 2 heterocycles. The maximum Gasteiger partial charge on any atom is 0.240 e. The molecule has 104 valence electrons. The van der Waals surface area contributed by atoms with Crippen LogP contribution in [0.3, 0.4) is 0 Å². The second-order valence-corrected chi connectivity index (χ2v) is 5.67. The second kappa shape index (κ2) is 6.14. The summed E-state index contributed by atoms with van der Waals surface area (Å²) in [6.07, 6.45) is 1.35. The Labute approximate surface area is 116 Å². The lowest BCUT2D eigenvalue weighted by molar-refractivity contribution is 0.176. The minimum Gasteiger partial charge on any atom is -0.391 e. The van der Waals surface area contributed by atoms with Crippen molar-refractivity contribution >= 4 is 33.3 Å². The van der Waals surface area contributed by atoms with Gasteiger partial charge in [-0.2, -0.15) is 4.98 Å². The van der Waals surface area contributed by atoms with Crippen LogP contribution in [0.1, 0.15) is 24.6 Å². The summed E-state index contributed by atoms with van der Waals surface area (Å²) in [6, 6.07) is 2.04. The SMILES string of the molecule is CCCC(O)CNc1nc(NN)nc2sc(C)cc12. The third-order valence-electron chi connectivity index (χ3n) is 2.77. The number of aliphatic hydroxyl groups excluding tert-OH is 1. The molecule has 0 aliphatic rings. The fourth-order valence-electron chi connectivity index (χ4n) is 1.89. The van der Waals surface area contributed by atoms with Gasteiger partial charge in [-0.15, -0.1) is 11.3 Å². The van der Waals surface area contributed by atoms with E-state index in [0.29, 0.717) is 18.3 Å². The van der Waals surface area contributed by atoms with Crippen LogP contribution in [0.2, 0.25) is 0 Å². The normalized spacial score (nSPS) is 12.6. The Hall–Kier alpha value is -1.44. The van der Waals surface area contributed by atoms with Crippen LogP contribution in [0.15, 0.2) is 6.07 Å². The maximum absolute atomic E-state index is 9.77. The number of hydrazine groups is 1. The van der Waals surface area contributed by atoms with E-state index in [9.17, 15) is 5.11 Å². The molecule has 0 saturated carbocycles. The molecule has 0 fully saturated rings. The third-order valence-corrected chi connectivity index (χ3v) is 3.72. The summed E-state index contributed by atoms with van der Waals surface area (Å²) >= 11 is 1.59. The van der Waals surface area contributed by atoms with Crippen molar-refractivity contribution in [2.24, 2.45) is 5.84 Å². The Morgan fingerprint density at radius 1 is 1.47 bits per heavy atom. The van der Waals surface area contributed by atoms with Crippen LogP contribution >= 0.6 is 11.3 Å². The number of aryl methyl sites for hydroxylation is 1. The molecular weight excluding hydrogens is 262 g/mol. The number of nitrogens with two attached hydrogens (primary N) is 1. The lowest BCUT2D eigenvalue weighted by Crippen LogP contribution is -2.20. The number of nitrogens with one attached hydrogen (secondary N) is 2. The van der Waals surface area contributed by atoms with Gasteiger partial charge >= 0.3 is 0 Å². The number of aliphatic hydroxyl groups is 1. The molecule has 0 aromatic carbocycles. The molecule has 2 rings (SSSR count). The van der Waals surface area contributed by atoms with E-state index in [1.165, 1.54) is 0 Å². The van der Waals surface area contributed by atoms with Gasteiger partial charge < -0.3 is 10.4 Å². The van der Waals surface area contributed by atoms with E-state index in [-0.39, 0.29) is 6.10 Å². The van der Waals surface area contributed by atoms with Crippen molar-refractivity contribution in [1.29, 1.82) is 0 Å². The summed E-state index contributed by atoms with van der Waals surface area (Å²) < 4.78 is 0. The quantitative estimate of drug-likeness (QED) is 0.477. The Kier molecular flexibility index (Phi) is 4.52. The summed E-state index contributed by atoms with van der Waals surface area (Å²) in [7, 11) is 0. The van der Waals surface area contributed by atoms with Crippen molar-refractivity contribution in [1.82, 2.24) is 9.97 Å². The first kappa shape index (κ1) is 14.0. The minimum atomic E-state index is -0.371. The molecule has 6 nitrogen and oxygen atoms in total. The summed E-state index contributed by atoms with van der Waals surface area (Å²) in [6.45, 7) is 4.54. The fourth-order valence-corrected chi connectivity index (χ4v) is 2.77. The molecule has 0 radical (unpaired) electrons. The van der Waals surface area contributed by atoms with E-state index in [2.05, 4.69) is 20.7 Å². The number of hydrogen-bond donors (Lipinski definition) is 4. The van der Waals surface area contributed by atoms with Gasteiger partial charge in [0.05, 0.1) is 11.5 Å². The molecule has 0 bridgehead atoms. The average Bonchev–Trinajstić information content (AvgIpc) is 2.76. The summed E-state index contributed by atoms with van der Waals surface area (Å²) in [5, 5.41) is 13.9. The summed E-state index contributed by atoms with van der Waals surface area (Å²) in [4.78, 5) is 10.7. The van der Waals surface area contributed by atoms with E-state index in [4.69, 9.17) is 5.84 Å². The molecule has 2 aromatic heterocycles. The van der Waals surface area contributed by atoms with Gasteiger partial charge in [0.15, 0.2) is 0 Å².